The predicted molar refractivity (Wildman–Crippen MR) is 88.0 cm³/mol. The van der Waals surface area contributed by atoms with E-state index in [1.807, 2.05) is 19.9 Å². The molecule has 1 atom stereocenters. The summed E-state index contributed by atoms with van der Waals surface area (Å²) in [6.07, 6.45) is 4.16. The quantitative estimate of drug-likeness (QED) is 0.865. The summed E-state index contributed by atoms with van der Waals surface area (Å²) in [5.41, 5.74) is 8.03. The van der Waals surface area contributed by atoms with Crippen LogP contribution in [0.15, 0.2) is 18.2 Å². The Labute approximate surface area is 127 Å². The van der Waals surface area contributed by atoms with Crippen LogP contribution in [0.1, 0.15) is 33.1 Å². The summed E-state index contributed by atoms with van der Waals surface area (Å²) in [7, 11) is 0. The van der Waals surface area contributed by atoms with Crippen molar-refractivity contribution >= 4 is 11.4 Å². The van der Waals surface area contributed by atoms with Crippen molar-refractivity contribution in [3.63, 3.8) is 0 Å². The van der Waals surface area contributed by atoms with Gasteiger partial charge in [-0.2, -0.15) is 0 Å². The van der Waals surface area contributed by atoms with E-state index in [-0.39, 0.29) is 6.10 Å². The molecule has 116 valence electrons. The molecule has 4 heteroatoms. The number of hydrogen-bond donors (Lipinski definition) is 1. The molecule has 2 aliphatic rings. The average Bonchev–Trinajstić information content (AvgIpc) is 3.08. The third kappa shape index (κ3) is 3.43. The average molecular weight is 289 g/mol. The van der Waals surface area contributed by atoms with E-state index in [0.717, 1.165) is 24.5 Å². The second-order valence-corrected chi connectivity index (χ2v) is 6.56. The smallest absolute Gasteiger partial charge is 0.123 e. The highest BCUT2D eigenvalue weighted by Crippen LogP contribution is 2.30. The lowest BCUT2D eigenvalue weighted by atomic mass is 10.2. The molecular weight excluding hydrogens is 262 g/mol. The monoisotopic (exact) mass is 289 g/mol. The first kappa shape index (κ1) is 14.5. The van der Waals surface area contributed by atoms with Crippen LogP contribution in [-0.4, -0.2) is 43.2 Å². The first-order chi connectivity index (χ1) is 10.1. The fourth-order valence-electron chi connectivity index (χ4n) is 3.51. The number of likely N-dealkylation sites (tertiary alicyclic amines) is 1. The molecule has 1 aromatic rings. The van der Waals surface area contributed by atoms with Crippen molar-refractivity contribution in [2.45, 2.75) is 45.3 Å². The van der Waals surface area contributed by atoms with Gasteiger partial charge in [0, 0.05) is 42.6 Å². The molecule has 0 aliphatic carbocycles. The van der Waals surface area contributed by atoms with E-state index in [1.165, 1.54) is 38.0 Å². The van der Waals surface area contributed by atoms with Gasteiger partial charge in [-0.05, 0) is 52.3 Å². The molecule has 2 heterocycles. The highest BCUT2D eigenvalue weighted by atomic mass is 16.5. The second-order valence-electron chi connectivity index (χ2n) is 6.56. The van der Waals surface area contributed by atoms with Crippen LogP contribution in [0.2, 0.25) is 0 Å². The summed E-state index contributed by atoms with van der Waals surface area (Å²) in [6.45, 7) is 8.87. The van der Waals surface area contributed by atoms with Crippen molar-refractivity contribution in [3.8, 4) is 5.75 Å². The van der Waals surface area contributed by atoms with Gasteiger partial charge in [-0.1, -0.05) is 0 Å². The predicted octanol–water partition coefficient (Wildman–Crippen LogP) is 2.73. The van der Waals surface area contributed by atoms with Gasteiger partial charge in [0.05, 0.1) is 6.10 Å². The fourth-order valence-corrected chi connectivity index (χ4v) is 3.51. The molecule has 0 spiro atoms. The normalized spacial score (nSPS) is 23.2. The number of nitrogens with two attached hydrogens (primary N) is 1. The summed E-state index contributed by atoms with van der Waals surface area (Å²) in [5, 5.41) is 0. The molecule has 2 saturated heterocycles. The van der Waals surface area contributed by atoms with Crippen molar-refractivity contribution in [2.75, 3.05) is 36.8 Å². The van der Waals surface area contributed by atoms with Crippen molar-refractivity contribution in [1.82, 2.24) is 4.90 Å². The largest absolute Gasteiger partial charge is 0.491 e. The summed E-state index contributed by atoms with van der Waals surface area (Å²) < 4.78 is 5.80. The molecule has 3 rings (SSSR count). The van der Waals surface area contributed by atoms with Crippen LogP contribution < -0.4 is 15.4 Å². The molecule has 2 aliphatic heterocycles. The maximum absolute atomic E-state index is 6.04. The van der Waals surface area contributed by atoms with Crippen LogP contribution in [0.4, 0.5) is 11.4 Å². The van der Waals surface area contributed by atoms with Crippen LogP contribution in [-0.2, 0) is 0 Å². The SMILES string of the molecule is CC(C)Oc1cc(N)cc(N2CCC(N3CCCC3)C2)c1. The molecule has 2 fully saturated rings. The third-order valence-electron chi connectivity index (χ3n) is 4.47. The minimum Gasteiger partial charge on any atom is -0.491 e. The Morgan fingerprint density at radius 3 is 2.62 bits per heavy atom. The van der Waals surface area contributed by atoms with Crippen LogP contribution >= 0.6 is 0 Å². The minimum absolute atomic E-state index is 0.176. The highest BCUT2D eigenvalue weighted by molar-refractivity contribution is 5.61. The van der Waals surface area contributed by atoms with E-state index in [0.29, 0.717) is 6.04 Å². The number of hydrogen-bond acceptors (Lipinski definition) is 4. The molecule has 2 N–H and O–H groups in total. The zero-order valence-electron chi connectivity index (χ0n) is 13.2. The second kappa shape index (κ2) is 6.14. The molecule has 4 nitrogen and oxygen atoms in total. The first-order valence-electron chi connectivity index (χ1n) is 8.18. The number of nitrogens with zero attached hydrogens (tertiary/aromatic N) is 2. The summed E-state index contributed by atoms with van der Waals surface area (Å²) in [4.78, 5) is 5.10. The molecule has 0 radical (unpaired) electrons. The number of anilines is 2. The molecule has 0 aromatic heterocycles. The van der Waals surface area contributed by atoms with Gasteiger partial charge >= 0.3 is 0 Å². The Morgan fingerprint density at radius 2 is 1.90 bits per heavy atom. The lowest BCUT2D eigenvalue weighted by molar-refractivity contribution is 0.242. The standard InChI is InChI=1S/C17H27N3O/c1-13(2)21-17-10-14(18)9-16(11-17)20-8-5-15(12-20)19-6-3-4-7-19/h9-11,13,15H,3-8,12,18H2,1-2H3. The van der Waals surface area contributed by atoms with Crippen LogP contribution in [0, 0.1) is 0 Å². The van der Waals surface area contributed by atoms with Crippen molar-refractivity contribution < 1.29 is 4.74 Å². The number of rotatable bonds is 4. The zero-order valence-corrected chi connectivity index (χ0v) is 13.2. The Morgan fingerprint density at radius 1 is 1.14 bits per heavy atom. The van der Waals surface area contributed by atoms with Crippen LogP contribution in [0.3, 0.4) is 0 Å². The number of benzene rings is 1. The van der Waals surface area contributed by atoms with Gasteiger partial charge in [0.25, 0.3) is 0 Å². The van der Waals surface area contributed by atoms with Gasteiger partial charge in [-0.25, -0.2) is 0 Å². The molecule has 1 aromatic carbocycles. The van der Waals surface area contributed by atoms with Gasteiger partial charge in [0.2, 0.25) is 0 Å². The fraction of sp³-hybridized carbons (Fsp3) is 0.647. The van der Waals surface area contributed by atoms with Crippen LogP contribution in [0.25, 0.3) is 0 Å². The van der Waals surface area contributed by atoms with Gasteiger partial charge in [-0.15, -0.1) is 0 Å². The van der Waals surface area contributed by atoms with Crippen molar-refractivity contribution in [3.05, 3.63) is 18.2 Å². The Balaban J connectivity index is 1.70. The maximum Gasteiger partial charge on any atom is 0.123 e. The van der Waals surface area contributed by atoms with E-state index in [2.05, 4.69) is 21.9 Å². The van der Waals surface area contributed by atoms with Gasteiger partial charge < -0.3 is 15.4 Å². The zero-order chi connectivity index (χ0) is 14.8. The van der Waals surface area contributed by atoms with E-state index in [1.54, 1.807) is 0 Å². The third-order valence-corrected chi connectivity index (χ3v) is 4.47. The van der Waals surface area contributed by atoms with Gasteiger partial charge in [-0.3, -0.25) is 4.90 Å². The summed E-state index contributed by atoms with van der Waals surface area (Å²) in [5.74, 6) is 0.879. The molecule has 1 unspecified atom stereocenters. The van der Waals surface area contributed by atoms with Gasteiger partial charge in [0.15, 0.2) is 0 Å². The lowest BCUT2D eigenvalue weighted by Gasteiger charge is -2.25. The molecule has 0 saturated carbocycles. The highest BCUT2D eigenvalue weighted by Gasteiger charge is 2.29. The van der Waals surface area contributed by atoms with Gasteiger partial charge in [0.1, 0.15) is 5.75 Å². The lowest BCUT2D eigenvalue weighted by Crippen LogP contribution is -2.35. The Bertz CT molecular complexity index is 483. The maximum atomic E-state index is 6.04. The molecule has 0 bridgehead atoms. The Kier molecular flexibility index (Phi) is 4.24. The number of nitrogen functional groups attached to an aromatic ring is 1. The summed E-state index contributed by atoms with van der Waals surface area (Å²) in [6, 6.07) is 6.82. The van der Waals surface area contributed by atoms with E-state index in [9.17, 15) is 0 Å². The molecule has 0 amide bonds. The van der Waals surface area contributed by atoms with Crippen molar-refractivity contribution in [2.24, 2.45) is 0 Å². The van der Waals surface area contributed by atoms with E-state index >= 15 is 0 Å². The molecular formula is C17H27N3O. The topological polar surface area (TPSA) is 41.7 Å². The first-order valence-corrected chi connectivity index (χ1v) is 8.18. The number of ether oxygens (including phenoxy) is 1. The van der Waals surface area contributed by atoms with Crippen molar-refractivity contribution in [1.29, 1.82) is 0 Å². The summed E-state index contributed by atoms with van der Waals surface area (Å²) >= 11 is 0. The minimum atomic E-state index is 0.176. The van der Waals surface area contributed by atoms with E-state index in [4.69, 9.17) is 10.5 Å². The molecule has 21 heavy (non-hydrogen) atoms. The Hall–Kier alpha value is -1.42. The van der Waals surface area contributed by atoms with Crippen LogP contribution in [0.5, 0.6) is 5.75 Å². The van der Waals surface area contributed by atoms with E-state index < -0.39 is 0 Å².